The number of nitrogens with one attached hydrogen (secondary N) is 2. The van der Waals surface area contributed by atoms with Gasteiger partial charge in [-0.25, -0.2) is 0 Å². The van der Waals surface area contributed by atoms with E-state index in [1.165, 1.54) is 0 Å². The zero-order valence-electron chi connectivity index (χ0n) is 14.8. The van der Waals surface area contributed by atoms with E-state index < -0.39 is 0 Å². The van der Waals surface area contributed by atoms with Crippen LogP contribution in [0.5, 0.6) is 5.75 Å². The van der Waals surface area contributed by atoms with Crippen molar-refractivity contribution < 1.29 is 14.3 Å². The van der Waals surface area contributed by atoms with E-state index in [9.17, 15) is 9.59 Å². The van der Waals surface area contributed by atoms with Gasteiger partial charge in [0, 0.05) is 23.6 Å². The average molecular weight is 361 g/mol. The third-order valence-corrected chi connectivity index (χ3v) is 3.79. The minimum absolute atomic E-state index is 0.307. The number of benzene rings is 2. The molecule has 2 amide bonds. The average Bonchev–Trinajstić information content (AvgIpc) is 2.70. The molecular weight excluding hydrogens is 342 g/mol. The molecule has 0 aliphatic rings. The summed E-state index contributed by atoms with van der Waals surface area (Å²) in [5.74, 6) is 0.115. The van der Waals surface area contributed by atoms with Gasteiger partial charge in [0.15, 0.2) is 0 Å². The predicted octanol–water partition coefficient (Wildman–Crippen LogP) is 3.98. The number of carbonyl (C=O) groups is 2. The molecule has 2 aromatic carbocycles. The summed E-state index contributed by atoms with van der Waals surface area (Å²) in [7, 11) is 0. The zero-order chi connectivity index (χ0) is 19.1. The third-order valence-electron chi connectivity index (χ3n) is 3.79. The van der Waals surface area contributed by atoms with Crippen molar-refractivity contribution in [1.82, 2.24) is 4.98 Å². The Bertz CT molecular complexity index is 925. The molecule has 0 bridgehead atoms. The molecule has 0 spiro atoms. The van der Waals surface area contributed by atoms with Crippen LogP contribution in [-0.4, -0.2) is 23.4 Å². The molecule has 6 heteroatoms. The lowest BCUT2D eigenvalue weighted by atomic mass is 10.1. The van der Waals surface area contributed by atoms with Gasteiger partial charge in [0.1, 0.15) is 5.75 Å². The van der Waals surface area contributed by atoms with Gasteiger partial charge in [-0.2, -0.15) is 0 Å². The lowest BCUT2D eigenvalue weighted by Gasteiger charge is -2.12. The summed E-state index contributed by atoms with van der Waals surface area (Å²) in [5.41, 5.74) is 1.90. The van der Waals surface area contributed by atoms with Crippen LogP contribution >= 0.6 is 0 Å². The fourth-order valence-corrected chi connectivity index (χ4v) is 2.49. The SMILES string of the molecule is CCOc1ccc(NC(=O)c2ccccc2NC(=O)c2ccncc2)cc1. The zero-order valence-corrected chi connectivity index (χ0v) is 14.8. The molecule has 1 aromatic heterocycles. The molecule has 1 heterocycles. The molecule has 2 N–H and O–H groups in total. The lowest BCUT2D eigenvalue weighted by molar-refractivity contribution is 0.102. The first-order valence-electron chi connectivity index (χ1n) is 8.52. The van der Waals surface area contributed by atoms with Gasteiger partial charge in [-0.1, -0.05) is 12.1 Å². The van der Waals surface area contributed by atoms with Crippen LogP contribution in [0.1, 0.15) is 27.6 Å². The Balaban J connectivity index is 1.74. The highest BCUT2D eigenvalue weighted by Gasteiger charge is 2.14. The van der Waals surface area contributed by atoms with Crippen molar-refractivity contribution >= 4 is 23.2 Å². The largest absolute Gasteiger partial charge is 0.494 e. The molecule has 0 saturated carbocycles. The number of ether oxygens (including phenoxy) is 1. The molecule has 3 aromatic rings. The first kappa shape index (κ1) is 18.1. The number of hydrogen-bond donors (Lipinski definition) is 2. The highest BCUT2D eigenvalue weighted by atomic mass is 16.5. The molecular formula is C21H19N3O3. The second-order valence-corrected chi connectivity index (χ2v) is 5.65. The van der Waals surface area contributed by atoms with Gasteiger partial charge in [0.25, 0.3) is 11.8 Å². The summed E-state index contributed by atoms with van der Waals surface area (Å²) >= 11 is 0. The van der Waals surface area contributed by atoms with E-state index in [0.717, 1.165) is 5.75 Å². The first-order valence-corrected chi connectivity index (χ1v) is 8.52. The van der Waals surface area contributed by atoms with Gasteiger partial charge < -0.3 is 15.4 Å². The summed E-state index contributed by atoms with van der Waals surface area (Å²) in [6.07, 6.45) is 3.08. The maximum atomic E-state index is 12.7. The van der Waals surface area contributed by atoms with Crippen molar-refractivity contribution in [3.63, 3.8) is 0 Å². The van der Waals surface area contributed by atoms with Gasteiger partial charge >= 0.3 is 0 Å². The van der Waals surface area contributed by atoms with Crippen LogP contribution in [0.4, 0.5) is 11.4 Å². The molecule has 0 aliphatic carbocycles. The van der Waals surface area contributed by atoms with Crippen LogP contribution < -0.4 is 15.4 Å². The molecule has 136 valence electrons. The molecule has 0 fully saturated rings. The summed E-state index contributed by atoms with van der Waals surface area (Å²) in [5, 5.41) is 5.60. The summed E-state index contributed by atoms with van der Waals surface area (Å²) < 4.78 is 5.39. The number of anilines is 2. The molecule has 0 atom stereocenters. The number of rotatable bonds is 6. The van der Waals surface area contributed by atoms with Crippen LogP contribution in [-0.2, 0) is 0 Å². The van der Waals surface area contributed by atoms with E-state index in [-0.39, 0.29) is 11.8 Å². The molecule has 27 heavy (non-hydrogen) atoms. The number of aromatic nitrogens is 1. The number of carbonyl (C=O) groups excluding carboxylic acids is 2. The lowest BCUT2D eigenvalue weighted by Crippen LogP contribution is -2.18. The van der Waals surface area contributed by atoms with Crippen LogP contribution in [0.3, 0.4) is 0 Å². The Hall–Kier alpha value is -3.67. The number of hydrogen-bond acceptors (Lipinski definition) is 4. The highest BCUT2D eigenvalue weighted by molar-refractivity contribution is 6.12. The Morgan fingerprint density at radius 2 is 1.59 bits per heavy atom. The summed E-state index contributed by atoms with van der Waals surface area (Å²) in [4.78, 5) is 28.9. The Morgan fingerprint density at radius 3 is 2.30 bits per heavy atom. The van der Waals surface area contributed by atoms with E-state index in [1.54, 1.807) is 73.1 Å². The Labute approximate surface area is 157 Å². The van der Waals surface area contributed by atoms with E-state index in [2.05, 4.69) is 15.6 Å². The molecule has 0 saturated heterocycles. The van der Waals surface area contributed by atoms with Crippen molar-refractivity contribution in [2.75, 3.05) is 17.2 Å². The molecule has 6 nitrogen and oxygen atoms in total. The van der Waals surface area contributed by atoms with Crippen LogP contribution in [0, 0.1) is 0 Å². The van der Waals surface area contributed by atoms with Gasteiger partial charge in [0.05, 0.1) is 17.9 Å². The molecule has 0 unspecified atom stereocenters. The number of nitrogens with zero attached hydrogens (tertiary/aromatic N) is 1. The molecule has 0 aliphatic heterocycles. The topological polar surface area (TPSA) is 80.3 Å². The normalized spacial score (nSPS) is 10.1. The standard InChI is InChI=1S/C21H19N3O3/c1-2-27-17-9-7-16(8-10-17)23-21(26)18-5-3-4-6-19(18)24-20(25)15-11-13-22-14-12-15/h3-14H,2H2,1H3,(H,23,26)(H,24,25). The van der Waals surface area contributed by atoms with Gasteiger partial charge in [-0.15, -0.1) is 0 Å². The van der Waals surface area contributed by atoms with E-state index in [0.29, 0.717) is 29.1 Å². The van der Waals surface area contributed by atoms with Crippen molar-refractivity contribution in [2.24, 2.45) is 0 Å². The van der Waals surface area contributed by atoms with Crippen LogP contribution in [0.15, 0.2) is 73.1 Å². The van der Waals surface area contributed by atoms with Gasteiger partial charge in [-0.05, 0) is 55.5 Å². The number of pyridine rings is 1. The van der Waals surface area contributed by atoms with E-state index >= 15 is 0 Å². The van der Waals surface area contributed by atoms with Crippen molar-refractivity contribution in [1.29, 1.82) is 0 Å². The van der Waals surface area contributed by atoms with Gasteiger partial charge in [0.2, 0.25) is 0 Å². The minimum atomic E-state index is -0.315. The second-order valence-electron chi connectivity index (χ2n) is 5.65. The number of para-hydroxylation sites is 1. The maximum Gasteiger partial charge on any atom is 0.257 e. The Kier molecular flexibility index (Phi) is 5.79. The Morgan fingerprint density at radius 1 is 0.889 bits per heavy atom. The summed E-state index contributed by atoms with van der Waals surface area (Å²) in [6, 6.07) is 17.2. The monoisotopic (exact) mass is 361 g/mol. The smallest absolute Gasteiger partial charge is 0.257 e. The van der Waals surface area contributed by atoms with Gasteiger partial charge in [-0.3, -0.25) is 14.6 Å². The first-order chi connectivity index (χ1) is 13.2. The van der Waals surface area contributed by atoms with Crippen LogP contribution in [0.2, 0.25) is 0 Å². The van der Waals surface area contributed by atoms with E-state index in [4.69, 9.17) is 4.74 Å². The third kappa shape index (κ3) is 4.70. The predicted molar refractivity (Wildman–Crippen MR) is 104 cm³/mol. The maximum absolute atomic E-state index is 12.7. The van der Waals surface area contributed by atoms with E-state index in [1.807, 2.05) is 6.92 Å². The second kappa shape index (κ2) is 8.62. The fraction of sp³-hybridized carbons (Fsp3) is 0.0952. The van der Waals surface area contributed by atoms with Crippen molar-refractivity contribution in [2.45, 2.75) is 6.92 Å². The van der Waals surface area contributed by atoms with Crippen LogP contribution in [0.25, 0.3) is 0 Å². The summed E-state index contributed by atoms with van der Waals surface area (Å²) in [6.45, 7) is 2.49. The molecule has 0 radical (unpaired) electrons. The number of amides is 2. The molecule has 3 rings (SSSR count). The van der Waals surface area contributed by atoms with Crippen molar-refractivity contribution in [3.05, 3.63) is 84.2 Å². The van der Waals surface area contributed by atoms with Crippen molar-refractivity contribution in [3.8, 4) is 5.75 Å². The quantitative estimate of drug-likeness (QED) is 0.696. The highest BCUT2D eigenvalue weighted by Crippen LogP contribution is 2.20. The minimum Gasteiger partial charge on any atom is -0.494 e. The fourth-order valence-electron chi connectivity index (χ4n) is 2.49.